The van der Waals surface area contributed by atoms with Crippen LogP contribution in [0, 0.1) is 0 Å². The Morgan fingerprint density at radius 1 is 0.885 bits per heavy atom. The van der Waals surface area contributed by atoms with Gasteiger partial charge in [-0.25, -0.2) is 0 Å². The number of halogens is 2. The predicted octanol–water partition coefficient (Wildman–Crippen LogP) is 4.11. The summed E-state index contributed by atoms with van der Waals surface area (Å²) in [6.07, 6.45) is 0. The molecular weight excluding hydrogens is 371 g/mol. The first-order valence-corrected chi connectivity index (χ1v) is 8.25. The van der Waals surface area contributed by atoms with Crippen molar-refractivity contribution in [2.45, 2.75) is 13.1 Å². The van der Waals surface area contributed by atoms with Gasteiger partial charge >= 0.3 is 0 Å². The number of hydrogen-bond acceptors (Lipinski definition) is 4. The maximum atomic E-state index is 6.02. The van der Waals surface area contributed by atoms with Crippen molar-refractivity contribution in [2.75, 3.05) is 41.4 Å². The van der Waals surface area contributed by atoms with Gasteiger partial charge in [-0.2, -0.15) is 0 Å². The standard InChI is InChI=1S/C20H28N2O2.2ClH/c1-21(2)16-18-14-19(23-4)10-11-20(18)24-13-12-22(3)15-17-8-6-5-7-9-17;;/h5-11,14H,12-13,15-16H2,1-4H3;2*1H. The quantitative estimate of drug-likeness (QED) is 0.632. The van der Waals surface area contributed by atoms with Crippen molar-refractivity contribution in [1.29, 1.82) is 0 Å². The molecule has 0 saturated heterocycles. The Bertz CT molecular complexity index is 624. The van der Waals surface area contributed by atoms with Crippen molar-refractivity contribution in [1.82, 2.24) is 9.80 Å². The zero-order valence-corrected chi connectivity index (χ0v) is 17.6. The van der Waals surface area contributed by atoms with E-state index in [2.05, 4.69) is 55.2 Å². The molecule has 0 atom stereocenters. The van der Waals surface area contributed by atoms with Gasteiger partial charge in [0, 0.05) is 25.2 Å². The van der Waals surface area contributed by atoms with Crippen LogP contribution in [0.2, 0.25) is 0 Å². The highest BCUT2D eigenvalue weighted by Gasteiger charge is 2.08. The lowest BCUT2D eigenvalue weighted by Gasteiger charge is -2.19. The molecule has 0 fully saturated rings. The Balaban J connectivity index is 0.00000312. The van der Waals surface area contributed by atoms with E-state index in [1.54, 1.807) is 7.11 Å². The molecule has 0 aliphatic carbocycles. The van der Waals surface area contributed by atoms with Gasteiger partial charge in [-0.3, -0.25) is 4.90 Å². The predicted molar refractivity (Wildman–Crippen MR) is 113 cm³/mol. The summed E-state index contributed by atoms with van der Waals surface area (Å²) in [7, 11) is 7.91. The molecule has 0 amide bonds. The molecule has 6 heteroatoms. The van der Waals surface area contributed by atoms with Crippen LogP contribution in [0.5, 0.6) is 11.5 Å². The Morgan fingerprint density at radius 3 is 2.19 bits per heavy atom. The van der Waals surface area contributed by atoms with Gasteiger partial charge in [-0.1, -0.05) is 30.3 Å². The van der Waals surface area contributed by atoms with E-state index >= 15 is 0 Å². The molecule has 2 aromatic rings. The fraction of sp³-hybridized carbons (Fsp3) is 0.400. The summed E-state index contributed by atoms with van der Waals surface area (Å²) >= 11 is 0. The van der Waals surface area contributed by atoms with Crippen LogP contribution in [0.25, 0.3) is 0 Å². The molecule has 0 radical (unpaired) electrons. The van der Waals surface area contributed by atoms with Crippen LogP contribution in [-0.4, -0.2) is 51.2 Å². The number of nitrogens with zero attached hydrogens (tertiary/aromatic N) is 2. The van der Waals surface area contributed by atoms with E-state index in [4.69, 9.17) is 9.47 Å². The van der Waals surface area contributed by atoms with Crippen LogP contribution in [-0.2, 0) is 13.1 Å². The smallest absolute Gasteiger partial charge is 0.124 e. The largest absolute Gasteiger partial charge is 0.497 e. The number of likely N-dealkylation sites (N-methyl/N-ethyl adjacent to an activating group) is 1. The highest BCUT2D eigenvalue weighted by molar-refractivity contribution is 5.85. The van der Waals surface area contributed by atoms with Gasteiger partial charge in [0.1, 0.15) is 18.1 Å². The van der Waals surface area contributed by atoms with E-state index in [0.29, 0.717) is 6.61 Å². The summed E-state index contributed by atoms with van der Waals surface area (Å²) in [5.41, 5.74) is 2.46. The number of methoxy groups -OCH3 is 1. The number of hydrogen-bond donors (Lipinski definition) is 0. The fourth-order valence-electron chi connectivity index (χ4n) is 2.57. The van der Waals surface area contributed by atoms with Crippen LogP contribution in [0.1, 0.15) is 11.1 Å². The SMILES string of the molecule is COc1ccc(OCCN(C)Cc2ccccc2)c(CN(C)C)c1.Cl.Cl. The molecule has 0 unspecified atom stereocenters. The Labute approximate surface area is 169 Å². The lowest BCUT2D eigenvalue weighted by Crippen LogP contribution is -2.24. The third-order valence-electron chi connectivity index (χ3n) is 3.78. The van der Waals surface area contributed by atoms with E-state index in [-0.39, 0.29) is 24.8 Å². The van der Waals surface area contributed by atoms with Gasteiger partial charge in [0.2, 0.25) is 0 Å². The van der Waals surface area contributed by atoms with E-state index in [1.807, 2.05) is 24.3 Å². The molecule has 146 valence electrons. The molecule has 0 spiro atoms. The highest BCUT2D eigenvalue weighted by Crippen LogP contribution is 2.25. The molecule has 0 aliphatic heterocycles. The van der Waals surface area contributed by atoms with Crippen molar-refractivity contribution in [2.24, 2.45) is 0 Å². The maximum Gasteiger partial charge on any atom is 0.124 e. The molecule has 26 heavy (non-hydrogen) atoms. The average Bonchev–Trinajstić information content (AvgIpc) is 2.56. The number of rotatable bonds is 9. The normalized spacial score (nSPS) is 10.2. The minimum atomic E-state index is 0. The van der Waals surface area contributed by atoms with Gasteiger partial charge in [0.15, 0.2) is 0 Å². The zero-order valence-electron chi connectivity index (χ0n) is 16.0. The molecule has 2 aromatic carbocycles. The summed E-state index contributed by atoms with van der Waals surface area (Å²) in [6, 6.07) is 16.5. The third kappa shape index (κ3) is 8.28. The number of benzene rings is 2. The summed E-state index contributed by atoms with van der Waals surface area (Å²) in [6.45, 7) is 3.29. The molecule has 0 aromatic heterocycles. The first-order valence-electron chi connectivity index (χ1n) is 8.25. The lowest BCUT2D eigenvalue weighted by molar-refractivity contribution is 0.229. The van der Waals surface area contributed by atoms with Gasteiger partial charge in [-0.15, -0.1) is 24.8 Å². The molecule has 0 saturated carbocycles. The van der Waals surface area contributed by atoms with Crippen LogP contribution in [0.4, 0.5) is 0 Å². The average molecular weight is 401 g/mol. The molecule has 0 N–H and O–H groups in total. The second kappa shape index (κ2) is 12.8. The minimum absolute atomic E-state index is 0. The molecule has 4 nitrogen and oxygen atoms in total. The van der Waals surface area contributed by atoms with Crippen LogP contribution < -0.4 is 9.47 Å². The Hall–Kier alpha value is -1.46. The van der Waals surface area contributed by atoms with Crippen LogP contribution in [0.3, 0.4) is 0 Å². The zero-order chi connectivity index (χ0) is 17.4. The topological polar surface area (TPSA) is 24.9 Å². The molecule has 2 rings (SSSR count). The fourth-order valence-corrected chi connectivity index (χ4v) is 2.57. The first-order chi connectivity index (χ1) is 11.6. The molecular formula is C20H30Cl2N2O2. The molecule has 0 aliphatic rings. The maximum absolute atomic E-state index is 6.02. The third-order valence-corrected chi connectivity index (χ3v) is 3.78. The van der Waals surface area contributed by atoms with Gasteiger partial charge in [0.05, 0.1) is 7.11 Å². The summed E-state index contributed by atoms with van der Waals surface area (Å²) in [4.78, 5) is 4.40. The second-order valence-electron chi connectivity index (χ2n) is 6.28. The van der Waals surface area contributed by atoms with E-state index in [1.165, 1.54) is 5.56 Å². The Morgan fingerprint density at radius 2 is 1.58 bits per heavy atom. The number of ether oxygens (including phenoxy) is 2. The van der Waals surface area contributed by atoms with Gasteiger partial charge < -0.3 is 14.4 Å². The summed E-state index contributed by atoms with van der Waals surface area (Å²) < 4.78 is 11.3. The highest BCUT2D eigenvalue weighted by atomic mass is 35.5. The van der Waals surface area contributed by atoms with Crippen molar-refractivity contribution in [3.8, 4) is 11.5 Å². The second-order valence-corrected chi connectivity index (χ2v) is 6.28. The Kier molecular flexibility index (Phi) is 12.1. The monoisotopic (exact) mass is 400 g/mol. The van der Waals surface area contributed by atoms with Gasteiger partial charge in [0.25, 0.3) is 0 Å². The molecule has 0 heterocycles. The van der Waals surface area contributed by atoms with Crippen molar-refractivity contribution < 1.29 is 9.47 Å². The van der Waals surface area contributed by atoms with E-state index < -0.39 is 0 Å². The summed E-state index contributed by atoms with van der Waals surface area (Å²) in [5.74, 6) is 1.79. The minimum Gasteiger partial charge on any atom is -0.497 e. The van der Waals surface area contributed by atoms with Crippen LogP contribution in [0.15, 0.2) is 48.5 Å². The van der Waals surface area contributed by atoms with Crippen molar-refractivity contribution in [3.63, 3.8) is 0 Å². The van der Waals surface area contributed by atoms with E-state index in [9.17, 15) is 0 Å². The lowest BCUT2D eigenvalue weighted by atomic mass is 10.2. The van der Waals surface area contributed by atoms with Crippen molar-refractivity contribution >= 4 is 24.8 Å². The van der Waals surface area contributed by atoms with E-state index in [0.717, 1.165) is 36.7 Å². The van der Waals surface area contributed by atoms with Crippen molar-refractivity contribution in [3.05, 3.63) is 59.7 Å². The summed E-state index contributed by atoms with van der Waals surface area (Å²) in [5, 5.41) is 0. The molecule has 0 bridgehead atoms. The first kappa shape index (κ1) is 24.5. The van der Waals surface area contributed by atoms with Crippen LogP contribution >= 0.6 is 24.8 Å². The van der Waals surface area contributed by atoms with Gasteiger partial charge in [-0.05, 0) is 44.9 Å².